The van der Waals surface area contributed by atoms with Crippen molar-refractivity contribution in [2.45, 2.75) is 13.8 Å². The van der Waals surface area contributed by atoms with Crippen molar-refractivity contribution < 1.29 is 23.0 Å². The average Bonchev–Trinajstić information content (AvgIpc) is 2.99. The van der Waals surface area contributed by atoms with E-state index in [0.29, 0.717) is 5.56 Å². The van der Waals surface area contributed by atoms with Gasteiger partial charge in [0.05, 0.1) is 13.2 Å². The van der Waals surface area contributed by atoms with Crippen LogP contribution in [0.2, 0.25) is 0 Å². The molecule has 8 heteroatoms. The van der Waals surface area contributed by atoms with E-state index in [1.807, 2.05) is 48.5 Å². The van der Waals surface area contributed by atoms with Crippen LogP contribution in [0.15, 0.2) is 71.4 Å². The summed E-state index contributed by atoms with van der Waals surface area (Å²) in [4.78, 5) is 17.4. The second kappa shape index (κ2) is 9.08. The summed E-state index contributed by atoms with van der Waals surface area (Å²) < 4.78 is 28.6. The second-order valence-corrected chi connectivity index (χ2v) is 7.28. The van der Waals surface area contributed by atoms with Crippen LogP contribution >= 0.6 is 7.82 Å². The number of phosphoric acid groups is 1. The van der Waals surface area contributed by atoms with Gasteiger partial charge < -0.3 is 0 Å². The van der Waals surface area contributed by atoms with Gasteiger partial charge in [-0.15, -0.1) is 0 Å². The molecule has 0 unspecified atom stereocenters. The van der Waals surface area contributed by atoms with Gasteiger partial charge in [0.2, 0.25) is 0 Å². The quantitative estimate of drug-likeness (QED) is 0.484. The van der Waals surface area contributed by atoms with Gasteiger partial charge >= 0.3 is 13.7 Å². The fourth-order valence-electron chi connectivity index (χ4n) is 2.55. The first-order chi connectivity index (χ1) is 13.6. The molecule has 0 bridgehead atoms. The van der Waals surface area contributed by atoms with Crippen molar-refractivity contribution in [1.29, 1.82) is 0 Å². The number of hydrogen-bond acceptors (Lipinski definition) is 6. The van der Waals surface area contributed by atoms with E-state index in [0.717, 1.165) is 10.6 Å². The van der Waals surface area contributed by atoms with Crippen molar-refractivity contribution in [1.82, 2.24) is 5.06 Å². The van der Waals surface area contributed by atoms with E-state index in [4.69, 9.17) is 13.7 Å². The molecular weight excluding hydrogens is 379 g/mol. The average molecular weight is 400 g/mol. The maximum atomic E-state index is 13.0. The number of hydroxylamine groups is 2. The normalized spacial score (nSPS) is 15.9. The van der Waals surface area contributed by atoms with Crippen molar-refractivity contribution in [2.75, 3.05) is 13.2 Å². The molecule has 0 aliphatic carbocycles. The van der Waals surface area contributed by atoms with Crippen molar-refractivity contribution in [2.24, 2.45) is 4.99 Å². The third-order valence-electron chi connectivity index (χ3n) is 3.71. The van der Waals surface area contributed by atoms with E-state index < -0.39 is 13.7 Å². The highest BCUT2D eigenvalue weighted by molar-refractivity contribution is 7.48. The molecule has 0 aromatic heterocycles. The predicted octanol–water partition coefficient (Wildman–Crippen LogP) is 4.43. The highest BCUT2D eigenvalue weighted by Crippen LogP contribution is 2.51. The highest BCUT2D eigenvalue weighted by atomic mass is 31.2. The minimum atomic E-state index is -3.98. The van der Waals surface area contributed by atoms with Crippen LogP contribution in [0.3, 0.4) is 0 Å². The van der Waals surface area contributed by atoms with Crippen LogP contribution in [0.25, 0.3) is 6.08 Å². The molecule has 0 fully saturated rings. The Labute approximate surface area is 163 Å². The number of hydrogen-bond donors (Lipinski definition) is 0. The first kappa shape index (κ1) is 20.2. The Morgan fingerprint density at radius 2 is 1.54 bits per heavy atom. The van der Waals surface area contributed by atoms with Crippen molar-refractivity contribution >= 4 is 25.6 Å². The third-order valence-corrected chi connectivity index (χ3v) is 5.23. The fourth-order valence-corrected chi connectivity index (χ4v) is 3.71. The van der Waals surface area contributed by atoms with Crippen LogP contribution in [0.1, 0.15) is 25.0 Å². The summed E-state index contributed by atoms with van der Waals surface area (Å²) in [5.74, 6) is -0.338. The molecule has 1 aliphatic rings. The largest absolute Gasteiger partial charge is 0.496 e. The molecular formula is C20H21N2O5P. The second-order valence-electron chi connectivity index (χ2n) is 5.71. The van der Waals surface area contributed by atoms with E-state index in [9.17, 15) is 9.36 Å². The lowest BCUT2D eigenvalue weighted by atomic mass is 10.2. The summed E-state index contributed by atoms with van der Waals surface area (Å²) in [5, 5.41) is 0.885. The molecule has 1 heterocycles. The Balaban J connectivity index is 2.00. The first-order valence-corrected chi connectivity index (χ1v) is 10.4. The van der Waals surface area contributed by atoms with Crippen molar-refractivity contribution in [3.05, 3.63) is 77.5 Å². The SMILES string of the molecule is CCOP(=O)(OCC)ON1C(=O)/C(=C\c2ccccc2)N=C1c1ccccc1. The molecule has 0 N–H and O–H groups in total. The van der Waals surface area contributed by atoms with Gasteiger partial charge in [-0.3, -0.25) is 13.8 Å². The van der Waals surface area contributed by atoms with Gasteiger partial charge in [0.15, 0.2) is 5.84 Å². The number of rotatable bonds is 8. The number of aliphatic imine (C=N–C) groups is 1. The number of amides is 1. The summed E-state index contributed by atoms with van der Waals surface area (Å²) in [5.41, 5.74) is 1.60. The number of carbonyl (C=O) groups excluding carboxylic acids is 1. The summed E-state index contributed by atoms with van der Waals surface area (Å²) in [7, 11) is -3.98. The Bertz CT molecular complexity index is 918. The lowest BCUT2D eigenvalue weighted by Crippen LogP contribution is -2.32. The molecule has 0 saturated heterocycles. The topological polar surface area (TPSA) is 77.4 Å². The molecule has 0 spiro atoms. The summed E-state index contributed by atoms with van der Waals surface area (Å²) in [6.45, 7) is 3.52. The zero-order chi connectivity index (χ0) is 20.0. The molecule has 0 saturated carbocycles. The number of carbonyl (C=O) groups is 1. The molecule has 0 atom stereocenters. The molecule has 7 nitrogen and oxygen atoms in total. The molecule has 2 aromatic carbocycles. The standard InChI is InChI=1S/C20H21N2O5P/c1-3-25-28(24,26-4-2)27-22-19(17-13-9-6-10-14-17)21-18(20(22)23)15-16-11-7-5-8-12-16/h5-15H,3-4H2,1-2H3/b18-15+. The maximum absolute atomic E-state index is 13.0. The molecule has 3 rings (SSSR count). The molecule has 146 valence electrons. The Morgan fingerprint density at radius 3 is 2.11 bits per heavy atom. The smallest absolute Gasteiger partial charge is 0.286 e. The fraction of sp³-hybridized carbons (Fsp3) is 0.200. The van der Waals surface area contributed by atoms with Gasteiger partial charge in [0, 0.05) is 5.56 Å². The zero-order valence-electron chi connectivity index (χ0n) is 15.6. The van der Waals surface area contributed by atoms with Crippen LogP contribution in [-0.2, 0) is 23.0 Å². The summed E-state index contributed by atoms with van der Waals surface area (Å²) in [6.07, 6.45) is 1.64. The van der Waals surface area contributed by atoms with Gasteiger partial charge in [-0.2, -0.15) is 9.69 Å². The van der Waals surface area contributed by atoms with Gasteiger partial charge in [-0.05, 0) is 25.5 Å². The molecule has 1 aliphatic heterocycles. The number of nitrogens with zero attached hydrogens (tertiary/aromatic N) is 2. The van der Waals surface area contributed by atoms with E-state index in [2.05, 4.69) is 4.99 Å². The van der Waals surface area contributed by atoms with Crippen molar-refractivity contribution in [3.63, 3.8) is 0 Å². The lowest BCUT2D eigenvalue weighted by Gasteiger charge is -2.22. The monoisotopic (exact) mass is 400 g/mol. The van der Waals surface area contributed by atoms with E-state index >= 15 is 0 Å². The zero-order valence-corrected chi connectivity index (χ0v) is 16.5. The van der Waals surface area contributed by atoms with Gasteiger partial charge in [0.1, 0.15) is 5.70 Å². The minimum Gasteiger partial charge on any atom is -0.286 e. The van der Waals surface area contributed by atoms with Gasteiger partial charge in [-0.1, -0.05) is 60.7 Å². The molecule has 1 amide bonds. The van der Waals surface area contributed by atoms with Gasteiger partial charge in [-0.25, -0.2) is 9.56 Å². The Kier molecular flexibility index (Phi) is 6.54. The number of amidine groups is 1. The van der Waals surface area contributed by atoms with Crippen LogP contribution in [0.5, 0.6) is 0 Å². The number of benzene rings is 2. The minimum absolute atomic E-state index is 0.101. The van der Waals surface area contributed by atoms with E-state index in [-0.39, 0.29) is 24.7 Å². The third kappa shape index (κ3) is 4.64. The first-order valence-electron chi connectivity index (χ1n) is 8.90. The Morgan fingerprint density at radius 1 is 0.964 bits per heavy atom. The molecule has 28 heavy (non-hydrogen) atoms. The summed E-state index contributed by atoms with van der Waals surface area (Å²) in [6, 6.07) is 18.3. The van der Waals surface area contributed by atoms with E-state index in [1.165, 1.54) is 0 Å². The van der Waals surface area contributed by atoms with Crippen molar-refractivity contribution in [3.8, 4) is 0 Å². The van der Waals surface area contributed by atoms with Crippen LogP contribution in [-0.4, -0.2) is 30.0 Å². The van der Waals surface area contributed by atoms with Gasteiger partial charge in [0.25, 0.3) is 0 Å². The Hall–Kier alpha value is -2.57. The molecule has 2 aromatic rings. The lowest BCUT2D eigenvalue weighted by molar-refractivity contribution is -0.141. The predicted molar refractivity (Wildman–Crippen MR) is 106 cm³/mol. The maximum Gasteiger partial charge on any atom is 0.496 e. The summed E-state index contributed by atoms with van der Waals surface area (Å²) >= 11 is 0. The highest BCUT2D eigenvalue weighted by Gasteiger charge is 2.40. The van der Waals surface area contributed by atoms with Crippen LogP contribution < -0.4 is 0 Å². The molecule has 0 radical (unpaired) electrons. The van der Waals surface area contributed by atoms with Crippen LogP contribution in [0, 0.1) is 0 Å². The van der Waals surface area contributed by atoms with E-state index in [1.54, 1.807) is 32.1 Å². The number of phosphoric ester groups is 1. The van der Waals surface area contributed by atoms with Crippen LogP contribution in [0.4, 0.5) is 0 Å².